The Morgan fingerprint density at radius 1 is 1.22 bits per heavy atom. The maximum Gasteiger partial charge on any atom is 0.152 e. The van der Waals surface area contributed by atoms with E-state index < -0.39 is 0 Å². The quantitative estimate of drug-likeness (QED) is 0.848. The molecule has 0 radical (unpaired) electrons. The average Bonchev–Trinajstić information content (AvgIpc) is 2.93. The molecule has 3 rings (SSSR count). The Morgan fingerprint density at radius 3 is 2.94 bits per heavy atom. The molecule has 2 aromatic heterocycles. The lowest BCUT2D eigenvalue weighted by Crippen LogP contribution is -2.23. The fourth-order valence-corrected chi connectivity index (χ4v) is 2.13. The average molecular weight is 241 g/mol. The minimum absolute atomic E-state index is 0.428. The molecule has 18 heavy (non-hydrogen) atoms. The fraction of sp³-hybridized carbons (Fsp3) is 0.308. The molecule has 0 bridgehead atoms. The summed E-state index contributed by atoms with van der Waals surface area (Å²) in [6, 6.07) is 4.33. The standard InChI is InChI=1S/C13H15N5/c1-2-10(8-14-4-1)12-13(17-7-6-16-12)18-11-3-5-15-9-11/h1-2,4,6-8,11,15H,3,5,9H2,(H,17,18)/t11-/m0/s1. The second-order valence-electron chi connectivity index (χ2n) is 4.33. The second kappa shape index (κ2) is 5.10. The molecule has 0 saturated carbocycles. The second-order valence-corrected chi connectivity index (χ2v) is 4.33. The van der Waals surface area contributed by atoms with E-state index in [-0.39, 0.29) is 0 Å². The van der Waals surface area contributed by atoms with Gasteiger partial charge in [-0.05, 0) is 25.1 Å². The molecule has 92 valence electrons. The van der Waals surface area contributed by atoms with E-state index in [1.165, 1.54) is 0 Å². The summed E-state index contributed by atoms with van der Waals surface area (Å²) >= 11 is 0. The lowest BCUT2D eigenvalue weighted by molar-refractivity contribution is 0.787. The Hall–Kier alpha value is -2.01. The van der Waals surface area contributed by atoms with Gasteiger partial charge in [-0.2, -0.15) is 0 Å². The molecule has 5 nitrogen and oxygen atoms in total. The van der Waals surface area contributed by atoms with Crippen molar-refractivity contribution in [3.05, 3.63) is 36.9 Å². The number of nitrogens with one attached hydrogen (secondary N) is 2. The van der Waals surface area contributed by atoms with Crippen LogP contribution in [0.5, 0.6) is 0 Å². The topological polar surface area (TPSA) is 62.7 Å². The Kier molecular flexibility index (Phi) is 3.14. The predicted octanol–water partition coefficient (Wildman–Crippen LogP) is 1.31. The lowest BCUT2D eigenvalue weighted by atomic mass is 10.2. The number of hydrogen-bond acceptors (Lipinski definition) is 5. The van der Waals surface area contributed by atoms with Crippen molar-refractivity contribution in [3.8, 4) is 11.3 Å². The number of rotatable bonds is 3. The third kappa shape index (κ3) is 2.31. The highest BCUT2D eigenvalue weighted by Gasteiger charge is 2.17. The molecule has 0 aromatic carbocycles. The summed E-state index contributed by atoms with van der Waals surface area (Å²) < 4.78 is 0. The van der Waals surface area contributed by atoms with Crippen LogP contribution in [0.2, 0.25) is 0 Å². The van der Waals surface area contributed by atoms with Crippen molar-refractivity contribution in [2.45, 2.75) is 12.5 Å². The molecule has 1 aliphatic heterocycles. The van der Waals surface area contributed by atoms with Crippen molar-refractivity contribution in [2.24, 2.45) is 0 Å². The van der Waals surface area contributed by atoms with E-state index in [9.17, 15) is 0 Å². The van der Waals surface area contributed by atoms with Crippen LogP contribution in [-0.4, -0.2) is 34.1 Å². The van der Waals surface area contributed by atoms with Gasteiger partial charge in [-0.15, -0.1) is 0 Å². The Labute approximate surface area is 106 Å². The predicted molar refractivity (Wildman–Crippen MR) is 70.2 cm³/mol. The molecule has 2 aromatic rings. The van der Waals surface area contributed by atoms with Crippen molar-refractivity contribution >= 4 is 5.82 Å². The normalized spacial score (nSPS) is 18.8. The van der Waals surface area contributed by atoms with Gasteiger partial charge in [0, 0.05) is 42.9 Å². The highest BCUT2D eigenvalue weighted by atomic mass is 15.1. The van der Waals surface area contributed by atoms with Crippen molar-refractivity contribution in [2.75, 3.05) is 18.4 Å². The molecule has 0 spiro atoms. The summed E-state index contributed by atoms with van der Waals surface area (Å²) in [6.07, 6.45) is 8.10. The third-order valence-corrected chi connectivity index (χ3v) is 3.03. The summed E-state index contributed by atoms with van der Waals surface area (Å²) in [5.41, 5.74) is 1.84. The summed E-state index contributed by atoms with van der Waals surface area (Å²) in [5.74, 6) is 0.833. The van der Waals surface area contributed by atoms with E-state index in [2.05, 4.69) is 25.6 Å². The molecule has 3 heterocycles. The summed E-state index contributed by atoms with van der Waals surface area (Å²) in [6.45, 7) is 2.03. The van der Waals surface area contributed by atoms with Crippen LogP contribution < -0.4 is 10.6 Å². The zero-order valence-corrected chi connectivity index (χ0v) is 10.0. The first kappa shape index (κ1) is 11.1. The van der Waals surface area contributed by atoms with Gasteiger partial charge in [0.15, 0.2) is 5.82 Å². The summed E-state index contributed by atoms with van der Waals surface area (Å²) in [5, 5.41) is 6.77. The number of pyridine rings is 1. The van der Waals surface area contributed by atoms with Crippen LogP contribution in [0.1, 0.15) is 6.42 Å². The van der Waals surface area contributed by atoms with Gasteiger partial charge in [0.05, 0.1) is 0 Å². The van der Waals surface area contributed by atoms with Crippen molar-refractivity contribution < 1.29 is 0 Å². The zero-order valence-electron chi connectivity index (χ0n) is 10.0. The van der Waals surface area contributed by atoms with Gasteiger partial charge in [-0.25, -0.2) is 4.98 Å². The number of aromatic nitrogens is 3. The van der Waals surface area contributed by atoms with Crippen molar-refractivity contribution in [1.82, 2.24) is 20.3 Å². The monoisotopic (exact) mass is 241 g/mol. The SMILES string of the molecule is c1cncc(-c2nccnc2N[C@H]2CCNC2)c1. The van der Waals surface area contributed by atoms with Crippen LogP contribution >= 0.6 is 0 Å². The van der Waals surface area contributed by atoms with E-state index in [0.29, 0.717) is 6.04 Å². The van der Waals surface area contributed by atoms with Gasteiger partial charge in [0.2, 0.25) is 0 Å². The number of nitrogens with zero attached hydrogens (tertiary/aromatic N) is 3. The van der Waals surface area contributed by atoms with Crippen LogP contribution in [0.25, 0.3) is 11.3 Å². The largest absolute Gasteiger partial charge is 0.364 e. The third-order valence-electron chi connectivity index (χ3n) is 3.03. The first-order valence-corrected chi connectivity index (χ1v) is 6.12. The van der Waals surface area contributed by atoms with Crippen LogP contribution in [0.4, 0.5) is 5.82 Å². The van der Waals surface area contributed by atoms with Crippen LogP contribution in [0.15, 0.2) is 36.9 Å². The van der Waals surface area contributed by atoms with Gasteiger partial charge in [0.1, 0.15) is 5.69 Å². The number of anilines is 1. The maximum absolute atomic E-state index is 4.41. The molecular formula is C13H15N5. The molecule has 0 unspecified atom stereocenters. The van der Waals surface area contributed by atoms with Crippen LogP contribution in [0.3, 0.4) is 0 Å². The number of hydrogen-bond donors (Lipinski definition) is 2. The first-order valence-electron chi connectivity index (χ1n) is 6.12. The first-order chi connectivity index (χ1) is 8.93. The van der Waals surface area contributed by atoms with E-state index >= 15 is 0 Å². The Balaban J connectivity index is 1.90. The zero-order chi connectivity index (χ0) is 12.2. The Bertz CT molecular complexity index is 508. The van der Waals surface area contributed by atoms with Gasteiger partial charge in [-0.1, -0.05) is 0 Å². The molecule has 0 aliphatic carbocycles. The molecule has 1 fully saturated rings. The molecule has 1 atom stereocenters. The van der Waals surface area contributed by atoms with Gasteiger partial charge < -0.3 is 10.6 Å². The molecule has 1 aliphatic rings. The van der Waals surface area contributed by atoms with Crippen LogP contribution in [0, 0.1) is 0 Å². The molecule has 2 N–H and O–H groups in total. The molecule has 5 heteroatoms. The lowest BCUT2D eigenvalue weighted by Gasteiger charge is -2.14. The summed E-state index contributed by atoms with van der Waals surface area (Å²) in [7, 11) is 0. The minimum Gasteiger partial charge on any atom is -0.364 e. The summed E-state index contributed by atoms with van der Waals surface area (Å²) in [4.78, 5) is 12.9. The Morgan fingerprint density at radius 2 is 2.17 bits per heavy atom. The van der Waals surface area contributed by atoms with Crippen molar-refractivity contribution in [3.63, 3.8) is 0 Å². The highest BCUT2D eigenvalue weighted by Crippen LogP contribution is 2.23. The highest BCUT2D eigenvalue weighted by molar-refractivity contribution is 5.70. The maximum atomic E-state index is 4.41. The van der Waals surface area contributed by atoms with E-state index in [1.807, 2.05) is 18.3 Å². The minimum atomic E-state index is 0.428. The van der Waals surface area contributed by atoms with E-state index in [1.54, 1.807) is 18.6 Å². The molecule has 0 amide bonds. The van der Waals surface area contributed by atoms with Gasteiger partial charge in [0.25, 0.3) is 0 Å². The fourth-order valence-electron chi connectivity index (χ4n) is 2.13. The van der Waals surface area contributed by atoms with Crippen LogP contribution in [-0.2, 0) is 0 Å². The van der Waals surface area contributed by atoms with Crippen molar-refractivity contribution in [1.29, 1.82) is 0 Å². The van der Waals surface area contributed by atoms with Gasteiger partial charge in [-0.3, -0.25) is 9.97 Å². The molecule has 1 saturated heterocycles. The van der Waals surface area contributed by atoms with E-state index in [0.717, 1.165) is 36.6 Å². The smallest absolute Gasteiger partial charge is 0.152 e. The molecular weight excluding hydrogens is 226 g/mol. The van der Waals surface area contributed by atoms with E-state index in [4.69, 9.17) is 0 Å². The van der Waals surface area contributed by atoms with Gasteiger partial charge >= 0.3 is 0 Å².